The van der Waals surface area contributed by atoms with Gasteiger partial charge in [0, 0.05) is 12.2 Å². The van der Waals surface area contributed by atoms with E-state index in [4.69, 9.17) is 0 Å². The van der Waals surface area contributed by atoms with Gasteiger partial charge >= 0.3 is 24.2 Å². The number of halogens is 6. The summed E-state index contributed by atoms with van der Waals surface area (Å²) in [5.41, 5.74) is 0. The second kappa shape index (κ2) is 5.33. The van der Waals surface area contributed by atoms with Crippen LogP contribution in [0.1, 0.15) is 0 Å². The molecule has 1 heterocycles. The van der Waals surface area contributed by atoms with Crippen LogP contribution in [0, 0.1) is 0 Å². The second-order valence-electron chi connectivity index (χ2n) is 2.15. The molecule has 1 aliphatic rings. The van der Waals surface area contributed by atoms with Gasteiger partial charge in [0.1, 0.15) is 0 Å². The maximum atomic E-state index is 11.0. The first-order valence-corrected chi connectivity index (χ1v) is 3.36. The highest BCUT2D eigenvalue weighted by molar-refractivity contribution is 6.04. The molecule has 0 amide bonds. The Bertz CT molecular complexity index is 334. The van der Waals surface area contributed by atoms with Crippen LogP contribution in [0.5, 0.6) is 0 Å². The number of allylic oxidation sites excluding steroid dienone is 1. The number of carbonyl (C=O) groups is 2. The standard InChI is InChI=1S/C4H2O3.C3F6/c5-3-1-2-4(6)7-3;4-1(2(5)6)3(7,8)9/h1-2H;. The molecule has 0 aromatic carbocycles. The maximum Gasteiger partial charge on any atom is 0.448 e. The normalized spacial score (nSPS) is 14.1. The number of alkyl halides is 3. The van der Waals surface area contributed by atoms with Crippen molar-refractivity contribution in [3.05, 3.63) is 24.1 Å². The number of cyclic esters (lactones) is 2. The molecule has 0 N–H and O–H groups in total. The summed E-state index contributed by atoms with van der Waals surface area (Å²) in [6.07, 6.45) is -6.73. The first-order valence-electron chi connectivity index (χ1n) is 3.36. The van der Waals surface area contributed by atoms with Gasteiger partial charge in [-0.05, 0) is 0 Å². The van der Waals surface area contributed by atoms with Crippen molar-refractivity contribution in [3.63, 3.8) is 0 Å². The van der Waals surface area contributed by atoms with Crippen molar-refractivity contribution in [3.8, 4) is 0 Å². The Labute approximate surface area is 84.0 Å². The summed E-state index contributed by atoms with van der Waals surface area (Å²) < 4.78 is 68.8. The van der Waals surface area contributed by atoms with Gasteiger partial charge in [-0.3, -0.25) is 0 Å². The van der Waals surface area contributed by atoms with E-state index in [2.05, 4.69) is 4.74 Å². The monoisotopic (exact) mass is 248 g/mol. The van der Waals surface area contributed by atoms with Gasteiger partial charge in [0.15, 0.2) is 0 Å². The number of carbonyl (C=O) groups excluding carboxylic acids is 2. The molecular weight excluding hydrogens is 246 g/mol. The van der Waals surface area contributed by atoms with Gasteiger partial charge in [0.25, 0.3) is 5.83 Å². The van der Waals surface area contributed by atoms with Crippen molar-refractivity contribution >= 4 is 11.9 Å². The van der Waals surface area contributed by atoms with E-state index in [0.717, 1.165) is 12.2 Å². The zero-order valence-corrected chi connectivity index (χ0v) is 7.15. The lowest BCUT2D eigenvalue weighted by Crippen LogP contribution is -2.08. The molecule has 0 fully saturated rings. The molecule has 90 valence electrons. The molecule has 16 heavy (non-hydrogen) atoms. The summed E-state index contributed by atoms with van der Waals surface area (Å²) in [5.74, 6) is -4.49. The van der Waals surface area contributed by atoms with Crippen LogP contribution >= 0.6 is 0 Å². The van der Waals surface area contributed by atoms with Crippen LogP contribution in [0.2, 0.25) is 0 Å². The van der Waals surface area contributed by atoms with E-state index in [0.29, 0.717) is 0 Å². The lowest BCUT2D eigenvalue weighted by Gasteiger charge is -1.98. The lowest BCUT2D eigenvalue weighted by molar-refractivity contribution is -0.150. The van der Waals surface area contributed by atoms with E-state index in [1.807, 2.05) is 0 Å². The summed E-state index contributed by atoms with van der Waals surface area (Å²) in [5, 5.41) is 0. The van der Waals surface area contributed by atoms with Crippen LogP contribution in [0.3, 0.4) is 0 Å². The molecule has 0 radical (unpaired) electrons. The zero-order chi connectivity index (χ0) is 12.9. The van der Waals surface area contributed by atoms with Crippen molar-refractivity contribution in [1.82, 2.24) is 0 Å². The maximum absolute atomic E-state index is 11.0. The molecular formula is C7H2F6O3. The van der Waals surface area contributed by atoms with E-state index < -0.39 is 30.0 Å². The Balaban J connectivity index is 0.000000288. The van der Waals surface area contributed by atoms with Gasteiger partial charge in [0.2, 0.25) is 0 Å². The van der Waals surface area contributed by atoms with Gasteiger partial charge in [-0.2, -0.15) is 26.3 Å². The highest BCUT2D eigenvalue weighted by atomic mass is 19.4. The van der Waals surface area contributed by atoms with Crippen LogP contribution in [-0.2, 0) is 14.3 Å². The molecule has 3 nitrogen and oxygen atoms in total. The molecule has 0 saturated heterocycles. The van der Waals surface area contributed by atoms with Crippen molar-refractivity contribution < 1.29 is 40.7 Å². The summed E-state index contributed by atoms with van der Waals surface area (Å²) in [7, 11) is 0. The first kappa shape index (κ1) is 14.2. The Kier molecular flexibility index (Phi) is 4.73. The van der Waals surface area contributed by atoms with E-state index in [-0.39, 0.29) is 0 Å². The summed E-state index contributed by atoms with van der Waals surface area (Å²) >= 11 is 0. The Morgan fingerprint density at radius 3 is 1.44 bits per heavy atom. The molecule has 0 aliphatic carbocycles. The van der Waals surface area contributed by atoms with Crippen LogP contribution in [0.4, 0.5) is 26.3 Å². The fourth-order valence-electron chi connectivity index (χ4n) is 0.410. The second-order valence-corrected chi connectivity index (χ2v) is 2.15. The van der Waals surface area contributed by atoms with Gasteiger partial charge in [-0.15, -0.1) is 0 Å². The molecule has 0 spiro atoms. The molecule has 0 atom stereocenters. The van der Waals surface area contributed by atoms with Crippen LogP contribution in [-0.4, -0.2) is 18.1 Å². The fraction of sp³-hybridized carbons (Fsp3) is 0.143. The third-order valence-corrected chi connectivity index (χ3v) is 0.971. The van der Waals surface area contributed by atoms with E-state index in [9.17, 15) is 35.9 Å². The molecule has 0 aromatic heterocycles. The van der Waals surface area contributed by atoms with Crippen LogP contribution in [0.25, 0.3) is 0 Å². The molecule has 0 aromatic rings. The molecule has 0 saturated carbocycles. The quantitative estimate of drug-likeness (QED) is 0.375. The smallest absolute Gasteiger partial charge is 0.387 e. The minimum absolute atomic E-state index is 0.579. The topological polar surface area (TPSA) is 43.4 Å². The molecule has 1 rings (SSSR count). The summed E-state index contributed by atoms with van der Waals surface area (Å²) in [4.78, 5) is 19.8. The number of esters is 2. The minimum atomic E-state index is -5.56. The molecule has 0 unspecified atom stereocenters. The van der Waals surface area contributed by atoms with Gasteiger partial charge in [-0.25, -0.2) is 9.59 Å². The third kappa shape index (κ3) is 5.17. The molecule has 1 aliphatic heterocycles. The highest BCUT2D eigenvalue weighted by Crippen LogP contribution is 2.29. The van der Waals surface area contributed by atoms with Crippen molar-refractivity contribution in [1.29, 1.82) is 0 Å². The predicted molar refractivity (Wildman–Crippen MR) is 36.6 cm³/mol. The lowest BCUT2D eigenvalue weighted by atomic mass is 10.6. The minimum Gasteiger partial charge on any atom is -0.387 e. The number of hydrogen-bond donors (Lipinski definition) is 0. The van der Waals surface area contributed by atoms with Crippen molar-refractivity contribution in [2.45, 2.75) is 6.18 Å². The Morgan fingerprint density at radius 2 is 1.38 bits per heavy atom. The number of hydrogen-bond acceptors (Lipinski definition) is 3. The van der Waals surface area contributed by atoms with Gasteiger partial charge in [-0.1, -0.05) is 0 Å². The van der Waals surface area contributed by atoms with Gasteiger partial charge in [0.05, 0.1) is 0 Å². The van der Waals surface area contributed by atoms with E-state index in [1.54, 1.807) is 0 Å². The summed E-state index contributed by atoms with van der Waals surface area (Å²) in [6.45, 7) is 0. The predicted octanol–water partition coefficient (Wildman–Crippen LogP) is 2.25. The number of ether oxygens (including phenoxy) is 1. The zero-order valence-electron chi connectivity index (χ0n) is 7.15. The van der Waals surface area contributed by atoms with Crippen molar-refractivity contribution in [2.75, 3.05) is 0 Å². The van der Waals surface area contributed by atoms with Gasteiger partial charge < -0.3 is 4.74 Å². The average molecular weight is 248 g/mol. The third-order valence-electron chi connectivity index (χ3n) is 0.971. The van der Waals surface area contributed by atoms with E-state index >= 15 is 0 Å². The number of rotatable bonds is 0. The van der Waals surface area contributed by atoms with Crippen LogP contribution in [0.15, 0.2) is 24.1 Å². The molecule has 9 heteroatoms. The van der Waals surface area contributed by atoms with Crippen molar-refractivity contribution in [2.24, 2.45) is 0 Å². The fourth-order valence-corrected chi connectivity index (χ4v) is 0.410. The van der Waals surface area contributed by atoms with E-state index in [1.165, 1.54) is 0 Å². The van der Waals surface area contributed by atoms with Crippen LogP contribution < -0.4 is 0 Å². The largest absolute Gasteiger partial charge is 0.448 e. The highest BCUT2D eigenvalue weighted by Gasteiger charge is 2.38. The Morgan fingerprint density at radius 1 is 1.00 bits per heavy atom. The SMILES string of the molecule is FC(F)=C(F)C(F)(F)F.O=C1C=CC(=O)O1. The molecule has 0 bridgehead atoms. The average Bonchev–Trinajstić information content (AvgIpc) is 2.48. The first-order chi connectivity index (χ1) is 7.14. The summed E-state index contributed by atoms with van der Waals surface area (Å²) in [6, 6.07) is 0. The Hall–Kier alpha value is -1.80.